The third-order valence-corrected chi connectivity index (χ3v) is 2.19. The van der Waals surface area contributed by atoms with Crippen molar-refractivity contribution in [2.75, 3.05) is 0 Å². The molecule has 3 nitrogen and oxygen atoms in total. The highest BCUT2D eigenvalue weighted by atomic mass is 79.9. The predicted octanol–water partition coefficient (Wildman–Crippen LogP) is 2.35. The van der Waals surface area contributed by atoms with Gasteiger partial charge in [0.15, 0.2) is 4.67 Å². The molecule has 1 unspecified atom stereocenters. The van der Waals surface area contributed by atoms with E-state index in [0.29, 0.717) is 10.2 Å². The van der Waals surface area contributed by atoms with Crippen LogP contribution in [0.5, 0.6) is 0 Å². The van der Waals surface area contributed by atoms with Gasteiger partial charge in [-0.2, -0.15) is 0 Å². The molecule has 0 aliphatic carbocycles. The van der Waals surface area contributed by atoms with Crippen molar-refractivity contribution in [2.24, 2.45) is 0 Å². The molecule has 0 aliphatic rings. The highest BCUT2D eigenvalue weighted by molar-refractivity contribution is 9.10. The Bertz CT molecular complexity index is 319. The molecule has 0 spiro atoms. The molecule has 0 radical (unpaired) electrons. The Morgan fingerprint density at radius 2 is 2.54 bits per heavy atom. The number of halogens is 1. The van der Waals surface area contributed by atoms with Gasteiger partial charge in [0.2, 0.25) is 0 Å². The number of hydrogen-bond acceptors (Lipinski definition) is 2. The fourth-order valence-electron chi connectivity index (χ4n) is 0.799. The molecule has 0 bridgehead atoms. The fourth-order valence-corrected chi connectivity index (χ4v) is 1.22. The number of amides is 1. The van der Waals surface area contributed by atoms with Crippen LogP contribution in [-0.4, -0.2) is 11.9 Å². The van der Waals surface area contributed by atoms with Crippen LogP contribution in [0.2, 0.25) is 0 Å². The van der Waals surface area contributed by atoms with Crippen LogP contribution < -0.4 is 5.32 Å². The van der Waals surface area contributed by atoms with Gasteiger partial charge in [0.1, 0.15) is 0 Å². The quantitative estimate of drug-likeness (QED) is 0.829. The van der Waals surface area contributed by atoms with Crippen molar-refractivity contribution in [3.8, 4) is 0 Å². The Morgan fingerprint density at radius 1 is 1.85 bits per heavy atom. The van der Waals surface area contributed by atoms with E-state index in [-0.39, 0.29) is 11.9 Å². The van der Waals surface area contributed by atoms with Gasteiger partial charge in [-0.3, -0.25) is 4.79 Å². The SMILES string of the molecule is C=CC(C)NC(=O)c1ccoc1Br. The highest BCUT2D eigenvalue weighted by Gasteiger charge is 2.12. The van der Waals surface area contributed by atoms with E-state index in [1.807, 2.05) is 6.92 Å². The minimum atomic E-state index is -0.173. The minimum absolute atomic E-state index is 0.0469. The molecular formula is C9H10BrNO2. The fraction of sp³-hybridized carbons (Fsp3) is 0.222. The summed E-state index contributed by atoms with van der Waals surface area (Å²) in [5.74, 6) is -0.173. The van der Waals surface area contributed by atoms with Crippen molar-refractivity contribution in [1.82, 2.24) is 5.32 Å². The summed E-state index contributed by atoms with van der Waals surface area (Å²) in [6.07, 6.45) is 3.11. The van der Waals surface area contributed by atoms with Crippen LogP contribution in [0.3, 0.4) is 0 Å². The van der Waals surface area contributed by atoms with E-state index >= 15 is 0 Å². The molecule has 70 valence electrons. The molecular weight excluding hydrogens is 234 g/mol. The molecule has 1 amide bonds. The standard InChI is InChI=1S/C9H10BrNO2/c1-3-6(2)11-9(12)7-4-5-13-8(7)10/h3-6H,1H2,2H3,(H,11,12). The van der Waals surface area contributed by atoms with Gasteiger partial charge in [0.25, 0.3) is 5.91 Å². The Labute approximate surface area is 84.9 Å². The minimum Gasteiger partial charge on any atom is -0.457 e. The molecule has 0 saturated carbocycles. The van der Waals surface area contributed by atoms with Crippen molar-refractivity contribution in [3.05, 3.63) is 35.2 Å². The lowest BCUT2D eigenvalue weighted by Gasteiger charge is -2.07. The number of nitrogens with one attached hydrogen (secondary N) is 1. The summed E-state index contributed by atoms with van der Waals surface area (Å²) in [5.41, 5.74) is 0.494. The van der Waals surface area contributed by atoms with E-state index in [1.54, 1.807) is 12.1 Å². The van der Waals surface area contributed by atoms with Gasteiger partial charge >= 0.3 is 0 Å². The molecule has 13 heavy (non-hydrogen) atoms. The lowest BCUT2D eigenvalue weighted by Crippen LogP contribution is -2.30. The number of carbonyl (C=O) groups is 1. The van der Waals surface area contributed by atoms with Crippen molar-refractivity contribution < 1.29 is 9.21 Å². The number of rotatable bonds is 3. The zero-order chi connectivity index (χ0) is 9.84. The molecule has 1 heterocycles. The van der Waals surface area contributed by atoms with Crippen molar-refractivity contribution in [2.45, 2.75) is 13.0 Å². The zero-order valence-electron chi connectivity index (χ0n) is 7.21. The number of furan rings is 1. The first-order valence-corrected chi connectivity index (χ1v) is 4.61. The molecule has 0 aliphatic heterocycles. The second-order valence-electron chi connectivity index (χ2n) is 2.61. The number of hydrogen-bond donors (Lipinski definition) is 1. The largest absolute Gasteiger partial charge is 0.457 e. The first-order valence-electron chi connectivity index (χ1n) is 3.81. The molecule has 0 saturated heterocycles. The lowest BCUT2D eigenvalue weighted by atomic mass is 10.3. The van der Waals surface area contributed by atoms with E-state index in [1.165, 1.54) is 6.26 Å². The third-order valence-electron chi connectivity index (χ3n) is 1.57. The van der Waals surface area contributed by atoms with Crippen LogP contribution in [-0.2, 0) is 0 Å². The van der Waals surface area contributed by atoms with Crippen LogP contribution in [0.1, 0.15) is 17.3 Å². The molecule has 1 N–H and O–H groups in total. The van der Waals surface area contributed by atoms with Gasteiger partial charge in [-0.1, -0.05) is 6.08 Å². The van der Waals surface area contributed by atoms with Crippen LogP contribution in [0, 0.1) is 0 Å². The van der Waals surface area contributed by atoms with Gasteiger partial charge < -0.3 is 9.73 Å². The van der Waals surface area contributed by atoms with E-state index in [0.717, 1.165) is 0 Å². The average molecular weight is 244 g/mol. The van der Waals surface area contributed by atoms with Gasteiger partial charge in [-0.15, -0.1) is 6.58 Å². The maximum atomic E-state index is 11.4. The number of carbonyl (C=O) groups excluding carboxylic acids is 1. The highest BCUT2D eigenvalue weighted by Crippen LogP contribution is 2.17. The molecule has 4 heteroatoms. The first-order chi connectivity index (χ1) is 6.15. The van der Waals surface area contributed by atoms with Gasteiger partial charge in [0.05, 0.1) is 11.8 Å². The molecule has 1 aromatic rings. The van der Waals surface area contributed by atoms with Gasteiger partial charge in [-0.25, -0.2) is 0 Å². The van der Waals surface area contributed by atoms with E-state index < -0.39 is 0 Å². The Balaban J connectivity index is 2.69. The van der Waals surface area contributed by atoms with Gasteiger partial charge in [-0.05, 0) is 28.9 Å². The van der Waals surface area contributed by atoms with E-state index in [9.17, 15) is 4.79 Å². The van der Waals surface area contributed by atoms with E-state index in [2.05, 4.69) is 27.8 Å². The molecule has 1 atom stereocenters. The maximum absolute atomic E-state index is 11.4. The maximum Gasteiger partial charge on any atom is 0.256 e. The third kappa shape index (κ3) is 2.45. The zero-order valence-corrected chi connectivity index (χ0v) is 8.80. The summed E-state index contributed by atoms with van der Waals surface area (Å²) < 4.78 is 5.38. The van der Waals surface area contributed by atoms with Crippen LogP contribution in [0.15, 0.2) is 34.1 Å². The van der Waals surface area contributed by atoms with Crippen molar-refractivity contribution >= 4 is 21.8 Å². The predicted molar refractivity (Wildman–Crippen MR) is 53.5 cm³/mol. The van der Waals surface area contributed by atoms with E-state index in [4.69, 9.17) is 4.42 Å². The summed E-state index contributed by atoms with van der Waals surface area (Å²) >= 11 is 3.13. The summed E-state index contributed by atoms with van der Waals surface area (Å²) in [6, 6.07) is 1.56. The van der Waals surface area contributed by atoms with Crippen LogP contribution >= 0.6 is 15.9 Å². The molecule has 0 fully saturated rings. The molecule has 0 aromatic carbocycles. The Morgan fingerprint density at radius 3 is 3.00 bits per heavy atom. The molecule has 1 rings (SSSR count). The van der Waals surface area contributed by atoms with Crippen LogP contribution in [0.4, 0.5) is 0 Å². The second-order valence-corrected chi connectivity index (χ2v) is 3.33. The van der Waals surface area contributed by atoms with Crippen LogP contribution in [0.25, 0.3) is 0 Å². The monoisotopic (exact) mass is 243 g/mol. The van der Waals surface area contributed by atoms with Crippen molar-refractivity contribution in [1.29, 1.82) is 0 Å². The summed E-state index contributed by atoms with van der Waals surface area (Å²) in [6.45, 7) is 5.41. The lowest BCUT2D eigenvalue weighted by molar-refractivity contribution is 0.0945. The topological polar surface area (TPSA) is 42.2 Å². The first kappa shape index (κ1) is 10.1. The smallest absolute Gasteiger partial charge is 0.256 e. The summed E-state index contributed by atoms with van der Waals surface area (Å²) in [7, 11) is 0. The van der Waals surface area contributed by atoms with Crippen molar-refractivity contribution in [3.63, 3.8) is 0 Å². The summed E-state index contributed by atoms with van der Waals surface area (Å²) in [5, 5.41) is 2.73. The normalized spacial score (nSPS) is 12.2. The average Bonchev–Trinajstić information content (AvgIpc) is 2.51. The summed E-state index contributed by atoms with van der Waals surface area (Å²) in [4.78, 5) is 11.4. The Kier molecular flexibility index (Phi) is 3.31. The Hall–Kier alpha value is -1.03. The second kappa shape index (κ2) is 4.28. The molecule has 1 aromatic heterocycles. The van der Waals surface area contributed by atoms with Gasteiger partial charge in [0, 0.05) is 6.04 Å².